The minimum absolute atomic E-state index is 0.00660. The first-order chi connectivity index (χ1) is 15.1. The van der Waals surface area contributed by atoms with E-state index in [9.17, 15) is 4.79 Å². The Bertz CT molecular complexity index is 1040. The molecule has 4 rings (SSSR count). The first-order valence-electron chi connectivity index (χ1n) is 10.7. The van der Waals surface area contributed by atoms with Crippen molar-refractivity contribution >= 4 is 50.3 Å². The van der Waals surface area contributed by atoms with Crippen molar-refractivity contribution in [3.05, 3.63) is 15.8 Å². The number of fused-ring (bicyclic) bond motifs is 1. The molecule has 0 N–H and O–H groups in total. The topological polar surface area (TPSA) is 77.0 Å². The standard InChI is InChI=1S/C22H28BrClN4O4/c1-12-11-27(21(29)32-22(2,3)4)8-9-28(12)19-14-10-15(30-5)16(23)18(31-13-6-7-13)17(14)25-20(24)26-19/h10,12-13H,6-9,11H2,1-5H3. The van der Waals surface area contributed by atoms with E-state index in [4.69, 9.17) is 25.8 Å². The number of nitrogens with zero attached hydrogens (tertiary/aromatic N) is 4. The lowest BCUT2D eigenvalue weighted by Crippen LogP contribution is -2.54. The molecule has 2 fully saturated rings. The first-order valence-corrected chi connectivity index (χ1v) is 11.9. The van der Waals surface area contributed by atoms with Crippen molar-refractivity contribution in [1.82, 2.24) is 14.9 Å². The first kappa shape index (κ1) is 23.2. The van der Waals surface area contributed by atoms with E-state index in [0.29, 0.717) is 46.9 Å². The van der Waals surface area contributed by atoms with Crippen molar-refractivity contribution in [2.45, 2.75) is 58.3 Å². The van der Waals surface area contributed by atoms with Gasteiger partial charge in [-0.05, 0) is 74.1 Å². The Morgan fingerprint density at radius 3 is 2.56 bits per heavy atom. The molecular formula is C22H28BrClN4O4. The molecule has 8 nitrogen and oxygen atoms in total. The maximum atomic E-state index is 12.5. The Hall–Kier alpha value is -2.00. The number of methoxy groups -OCH3 is 1. The van der Waals surface area contributed by atoms with Crippen molar-refractivity contribution in [3.63, 3.8) is 0 Å². The number of rotatable bonds is 4. The average molecular weight is 528 g/mol. The molecule has 2 aliphatic rings. The summed E-state index contributed by atoms with van der Waals surface area (Å²) >= 11 is 9.96. The Labute approximate surface area is 201 Å². The third-order valence-corrected chi connectivity index (χ3v) is 6.30. The fourth-order valence-electron chi connectivity index (χ4n) is 3.74. The minimum atomic E-state index is -0.532. The van der Waals surface area contributed by atoms with E-state index in [1.807, 2.05) is 26.8 Å². The van der Waals surface area contributed by atoms with Gasteiger partial charge in [0.25, 0.3) is 0 Å². The van der Waals surface area contributed by atoms with Gasteiger partial charge in [0, 0.05) is 25.7 Å². The molecule has 1 saturated carbocycles. The third-order valence-electron chi connectivity index (χ3n) is 5.38. The summed E-state index contributed by atoms with van der Waals surface area (Å²) in [6, 6.07) is 1.89. The summed E-state index contributed by atoms with van der Waals surface area (Å²) in [6.07, 6.45) is 1.90. The maximum absolute atomic E-state index is 12.5. The maximum Gasteiger partial charge on any atom is 0.410 e. The number of aromatic nitrogens is 2. The van der Waals surface area contributed by atoms with Gasteiger partial charge in [-0.15, -0.1) is 0 Å². The van der Waals surface area contributed by atoms with Crippen LogP contribution >= 0.6 is 27.5 Å². The number of piperazine rings is 1. The van der Waals surface area contributed by atoms with Gasteiger partial charge in [0.1, 0.15) is 27.2 Å². The van der Waals surface area contributed by atoms with E-state index in [2.05, 4.69) is 37.7 Å². The molecule has 1 saturated heterocycles. The van der Waals surface area contributed by atoms with Crippen LogP contribution in [0.5, 0.6) is 11.5 Å². The van der Waals surface area contributed by atoms with Crippen LogP contribution < -0.4 is 14.4 Å². The lowest BCUT2D eigenvalue weighted by Gasteiger charge is -2.41. The number of anilines is 1. The number of benzene rings is 1. The molecule has 1 unspecified atom stereocenters. The molecule has 0 radical (unpaired) electrons. The summed E-state index contributed by atoms with van der Waals surface area (Å²) in [6.45, 7) is 9.26. The van der Waals surface area contributed by atoms with Crippen LogP contribution in [0.2, 0.25) is 5.28 Å². The normalized spacial score (nSPS) is 19.3. The molecule has 32 heavy (non-hydrogen) atoms. The summed E-state index contributed by atoms with van der Waals surface area (Å²) < 4.78 is 18.0. The van der Waals surface area contributed by atoms with Gasteiger partial charge in [-0.2, -0.15) is 4.98 Å². The molecule has 0 spiro atoms. The molecule has 2 aromatic rings. The quantitative estimate of drug-likeness (QED) is 0.516. The summed E-state index contributed by atoms with van der Waals surface area (Å²) in [5.74, 6) is 1.95. The second-order valence-corrected chi connectivity index (χ2v) is 10.4. The van der Waals surface area contributed by atoms with Gasteiger partial charge in [0.15, 0.2) is 5.75 Å². The van der Waals surface area contributed by atoms with Crippen LogP contribution in [-0.4, -0.2) is 65.5 Å². The summed E-state index contributed by atoms with van der Waals surface area (Å²) in [7, 11) is 1.62. The third kappa shape index (κ3) is 4.83. The molecule has 1 aromatic heterocycles. The minimum Gasteiger partial charge on any atom is -0.495 e. The van der Waals surface area contributed by atoms with E-state index in [1.165, 1.54) is 0 Å². The average Bonchev–Trinajstić information content (AvgIpc) is 3.52. The van der Waals surface area contributed by atoms with Crippen molar-refractivity contribution < 1.29 is 19.0 Å². The van der Waals surface area contributed by atoms with Crippen LogP contribution in [0.1, 0.15) is 40.5 Å². The van der Waals surface area contributed by atoms with Gasteiger partial charge >= 0.3 is 6.09 Å². The van der Waals surface area contributed by atoms with Crippen molar-refractivity contribution in [1.29, 1.82) is 0 Å². The van der Waals surface area contributed by atoms with Crippen molar-refractivity contribution in [2.24, 2.45) is 0 Å². The summed E-state index contributed by atoms with van der Waals surface area (Å²) in [5, 5.41) is 0.939. The second-order valence-electron chi connectivity index (χ2n) is 9.22. The number of hydrogen-bond acceptors (Lipinski definition) is 7. The summed E-state index contributed by atoms with van der Waals surface area (Å²) in [4.78, 5) is 25.5. The van der Waals surface area contributed by atoms with E-state index < -0.39 is 5.60 Å². The van der Waals surface area contributed by atoms with Gasteiger partial charge < -0.3 is 24.0 Å². The molecule has 1 amide bonds. The van der Waals surface area contributed by atoms with E-state index in [-0.39, 0.29) is 23.5 Å². The number of hydrogen-bond donors (Lipinski definition) is 0. The van der Waals surface area contributed by atoms with Crippen molar-refractivity contribution in [3.8, 4) is 11.5 Å². The number of ether oxygens (including phenoxy) is 3. The fourth-order valence-corrected chi connectivity index (χ4v) is 4.46. The van der Waals surface area contributed by atoms with Crippen molar-refractivity contribution in [2.75, 3.05) is 31.6 Å². The number of carbonyl (C=O) groups excluding carboxylic acids is 1. The fraction of sp³-hybridized carbons (Fsp3) is 0.591. The van der Waals surface area contributed by atoms with Gasteiger partial charge in [-0.3, -0.25) is 0 Å². The van der Waals surface area contributed by atoms with Crippen LogP contribution in [0.15, 0.2) is 10.5 Å². The van der Waals surface area contributed by atoms with E-state index in [1.54, 1.807) is 12.0 Å². The lowest BCUT2D eigenvalue weighted by molar-refractivity contribution is 0.0218. The molecule has 1 atom stereocenters. The molecule has 1 aliphatic heterocycles. The zero-order valence-corrected chi connectivity index (χ0v) is 21.3. The predicted molar refractivity (Wildman–Crippen MR) is 127 cm³/mol. The lowest BCUT2D eigenvalue weighted by atomic mass is 10.1. The zero-order chi connectivity index (χ0) is 23.2. The Balaban J connectivity index is 1.69. The molecule has 0 bridgehead atoms. The van der Waals surface area contributed by atoms with E-state index in [0.717, 1.165) is 18.2 Å². The Morgan fingerprint density at radius 2 is 1.97 bits per heavy atom. The highest BCUT2D eigenvalue weighted by atomic mass is 79.9. The number of amides is 1. The monoisotopic (exact) mass is 526 g/mol. The molecule has 1 aromatic carbocycles. The van der Waals surface area contributed by atoms with Crippen LogP contribution in [0.3, 0.4) is 0 Å². The molecule has 174 valence electrons. The molecule has 2 heterocycles. The largest absolute Gasteiger partial charge is 0.495 e. The SMILES string of the molecule is COc1cc2c(N3CCN(C(=O)OC(C)(C)C)CC3C)nc(Cl)nc2c(OC2CC2)c1Br. The highest BCUT2D eigenvalue weighted by molar-refractivity contribution is 9.10. The number of halogens is 2. The Morgan fingerprint density at radius 1 is 1.25 bits per heavy atom. The van der Waals surface area contributed by atoms with Gasteiger partial charge in [-0.25, -0.2) is 9.78 Å². The molecule has 10 heteroatoms. The van der Waals surface area contributed by atoms with Crippen LogP contribution in [-0.2, 0) is 4.74 Å². The highest BCUT2D eigenvalue weighted by Crippen LogP contribution is 2.45. The number of carbonyl (C=O) groups is 1. The van der Waals surface area contributed by atoms with Crippen LogP contribution in [0.25, 0.3) is 10.9 Å². The predicted octanol–water partition coefficient (Wildman–Crippen LogP) is 5.04. The van der Waals surface area contributed by atoms with Gasteiger partial charge in [0.05, 0.1) is 18.6 Å². The smallest absolute Gasteiger partial charge is 0.410 e. The Kier molecular flexibility index (Phi) is 6.33. The van der Waals surface area contributed by atoms with Gasteiger partial charge in [-0.1, -0.05) is 0 Å². The van der Waals surface area contributed by atoms with Gasteiger partial charge in [0.2, 0.25) is 5.28 Å². The van der Waals surface area contributed by atoms with Crippen LogP contribution in [0, 0.1) is 0 Å². The molecule has 1 aliphatic carbocycles. The molecular weight excluding hydrogens is 500 g/mol. The summed E-state index contributed by atoms with van der Waals surface area (Å²) in [5.41, 5.74) is 0.108. The second kappa shape index (κ2) is 8.74. The van der Waals surface area contributed by atoms with E-state index >= 15 is 0 Å². The van der Waals surface area contributed by atoms with Crippen LogP contribution in [0.4, 0.5) is 10.6 Å². The highest BCUT2D eigenvalue weighted by Gasteiger charge is 2.33. The zero-order valence-electron chi connectivity index (χ0n) is 18.9.